The van der Waals surface area contributed by atoms with E-state index in [9.17, 15) is 19.8 Å². The van der Waals surface area contributed by atoms with Crippen LogP contribution in [0.5, 0.6) is 11.5 Å². The van der Waals surface area contributed by atoms with Gasteiger partial charge in [0.05, 0.1) is 11.3 Å². The Morgan fingerprint density at radius 3 is 2.24 bits per heavy atom. The quantitative estimate of drug-likeness (QED) is 0.648. The Hall–Kier alpha value is -3.02. The molecule has 0 bridgehead atoms. The average Bonchev–Trinajstić information content (AvgIpc) is 2.43. The van der Waals surface area contributed by atoms with E-state index in [-0.39, 0.29) is 22.6 Å². The summed E-state index contributed by atoms with van der Waals surface area (Å²) in [6, 6.07) is 8.67. The highest BCUT2D eigenvalue weighted by atomic mass is 16.4. The smallest absolute Gasteiger partial charge is 0.339 e. The number of phenols is 2. The van der Waals surface area contributed by atoms with Crippen LogP contribution in [0.1, 0.15) is 26.3 Å². The molecule has 1 amide bonds. The number of carboxylic acids is 1. The number of phenolic OH excluding ortho intramolecular Hbond substituents is 1. The van der Waals surface area contributed by atoms with Crippen LogP contribution < -0.4 is 5.32 Å². The minimum Gasteiger partial charge on any atom is -0.507 e. The van der Waals surface area contributed by atoms with Crippen molar-refractivity contribution in [2.45, 2.75) is 6.92 Å². The zero-order valence-corrected chi connectivity index (χ0v) is 11.1. The molecule has 0 unspecified atom stereocenters. The Morgan fingerprint density at radius 2 is 1.57 bits per heavy atom. The van der Waals surface area contributed by atoms with Gasteiger partial charge in [0.1, 0.15) is 11.3 Å². The first-order valence-corrected chi connectivity index (χ1v) is 6.07. The molecule has 0 aliphatic rings. The van der Waals surface area contributed by atoms with Crippen LogP contribution in [0.15, 0.2) is 36.4 Å². The number of carboxylic acid groups (broad SMARTS) is 1. The molecule has 2 rings (SSSR count). The van der Waals surface area contributed by atoms with Crippen molar-refractivity contribution in [2.24, 2.45) is 0 Å². The fraction of sp³-hybridized carbons (Fsp3) is 0.0667. The number of anilines is 1. The predicted molar refractivity (Wildman–Crippen MR) is 75.9 cm³/mol. The Balaban J connectivity index is 2.34. The zero-order chi connectivity index (χ0) is 15.6. The lowest BCUT2D eigenvalue weighted by molar-refractivity contribution is 0.0693. The lowest BCUT2D eigenvalue weighted by Crippen LogP contribution is -2.13. The summed E-state index contributed by atoms with van der Waals surface area (Å²) >= 11 is 0. The second-order valence-electron chi connectivity index (χ2n) is 4.43. The van der Waals surface area contributed by atoms with Crippen LogP contribution in [0, 0.1) is 6.92 Å². The molecule has 0 aliphatic carbocycles. The van der Waals surface area contributed by atoms with Gasteiger partial charge >= 0.3 is 5.97 Å². The van der Waals surface area contributed by atoms with Gasteiger partial charge in [-0.05, 0) is 30.7 Å². The molecule has 4 N–H and O–H groups in total. The molecule has 0 aliphatic heterocycles. The molecule has 0 fully saturated rings. The van der Waals surface area contributed by atoms with E-state index in [0.717, 1.165) is 0 Å². The first-order chi connectivity index (χ1) is 9.91. The number of aromatic carboxylic acids is 1. The van der Waals surface area contributed by atoms with Crippen LogP contribution in [-0.2, 0) is 0 Å². The van der Waals surface area contributed by atoms with Crippen molar-refractivity contribution >= 4 is 17.6 Å². The number of hydrogen-bond acceptors (Lipinski definition) is 4. The minimum atomic E-state index is -1.30. The maximum atomic E-state index is 12.1. The van der Waals surface area contributed by atoms with Gasteiger partial charge in [0, 0.05) is 0 Å². The van der Waals surface area contributed by atoms with Crippen LogP contribution in [0.2, 0.25) is 0 Å². The first kappa shape index (κ1) is 14.4. The molecule has 0 aromatic heterocycles. The van der Waals surface area contributed by atoms with Gasteiger partial charge in [-0.3, -0.25) is 4.79 Å². The molecule has 0 radical (unpaired) electrons. The second kappa shape index (κ2) is 5.54. The van der Waals surface area contributed by atoms with Gasteiger partial charge in [-0.15, -0.1) is 0 Å². The summed E-state index contributed by atoms with van der Waals surface area (Å²) in [5, 5.41) is 30.9. The number of aryl methyl sites for hydroxylation is 1. The predicted octanol–water partition coefficient (Wildman–Crippen LogP) is 2.36. The van der Waals surface area contributed by atoms with E-state index in [1.54, 1.807) is 19.1 Å². The van der Waals surface area contributed by atoms with E-state index in [0.29, 0.717) is 5.56 Å². The summed E-state index contributed by atoms with van der Waals surface area (Å²) in [6.45, 7) is 1.65. The number of para-hydroxylation sites is 2. The van der Waals surface area contributed by atoms with Crippen LogP contribution in [0.3, 0.4) is 0 Å². The van der Waals surface area contributed by atoms with Gasteiger partial charge in [-0.1, -0.05) is 18.2 Å². The van der Waals surface area contributed by atoms with Crippen LogP contribution in [0.25, 0.3) is 0 Å². The number of carbonyl (C=O) groups excluding carboxylic acids is 1. The van der Waals surface area contributed by atoms with Gasteiger partial charge in [-0.2, -0.15) is 0 Å². The average molecular weight is 287 g/mol. The Labute approximate surface area is 120 Å². The fourth-order valence-corrected chi connectivity index (χ4v) is 1.85. The molecule has 21 heavy (non-hydrogen) atoms. The van der Waals surface area contributed by atoms with Gasteiger partial charge in [-0.25, -0.2) is 4.79 Å². The SMILES string of the molecule is Cc1cccc(C(=O)Nc2cccc(C(=O)O)c2O)c1O. The minimum absolute atomic E-state index is 0.0372. The summed E-state index contributed by atoms with van der Waals surface area (Å²) in [5.74, 6) is -2.65. The summed E-state index contributed by atoms with van der Waals surface area (Å²) in [7, 11) is 0. The Morgan fingerprint density at radius 1 is 0.952 bits per heavy atom. The van der Waals surface area contributed by atoms with Gasteiger partial charge in [0.25, 0.3) is 5.91 Å². The highest BCUT2D eigenvalue weighted by molar-refractivity contribution is 6.08. The molecule has 0 saturated heterocycles. The standard InChI is InChI=1S/C15H13NO5/c1-8-4-2-5-9(12(8)17)14(19)16-11-7-3-6-10(13(11)18)15(20)21/h2-7,17-18H,1H3,(H,16,19)(H,20,21). The number of hydrogen-bond donors (Lipinski definition) is 4. The Bertz CT molecular complexity index is 724. The van der Waals surface area contributed by atoms with Gasteiger partial charge in [0.15, 0.2) is 5.75 Å². The van der Waals surface area contributed by atoms with Crippen LogP contribution in [0.4, 0.5) is 5.69 Å². The third kappa shape index (κ3) is 2.79. The fourth-order valence-electron chi connectivity index (χ4n) is 1.85. The molecule has 0 atom stereocenters. The van der Waals surface area contributed by atoms with Crippen molar-refractivity contribution in [1.29, 1.82) is 0 Å². The van der Waals surface area contributed by atoms with E-state index in [4.69, 9.17) is 5.11 Å². The molecule has 0 heterocycles. The highest BCUT2D eigenvalue weighted by Gasteiger charge is 2.17. The molecule has 108 valence electrons. The number of benzene rings is 2. The molecule has 2 aromatic rings. The van der Waals surface area contributed by atoms with E-state index in [1.165, 1.54) is 24.3 Å². The lowest BCUT2D eigenvalue weighted by Gasteiger charge is -2.10. The number of nitrogens with one attached hydrogen (secondary N) is 1. The third-order valence-corrected chi connectivity index (χ3v) is 3.00. The molecular formula is C15H13NO5. The summed E-state index contributed by atoms with van der Waals surface area (Å²) in [6.07, 6.45) is 0. The van der Waals surface area contributed by atoms with Crippen LogP contribution >= 0.6 is 0 Å². The first-order valence-electron chi connectivity index (χ1n) is 6.07. The number of amides is 1. The van der Waals surface area contributed by atoms with Gasteiger partial charge < -0.3 is 20.6 Å². The monoisotopic (exact) mass is 287 g/mol. The molecular weight excluding hydrogens is 274 g/mol. The van der Waals surface area contributed by atoms with E-state index >= 15 is 0 Å². The summed E-state index contributed by atoms with van der Waals surface area (Å²) in [4.78, 5) is 23.0. The maximum Gasteiger partial charge on any atom is 0.339 e. The number of aromatic hydroxyl groups is 2. The molecule has 6 heteroatoms. The topological polar surface area (TPSA) is 107 Å². The summed E-state index contributed by atoms with van der Waals surface area (Å²) < 4.78 is 0. The van der Waals surface area contributed by atoms with E-state index in [2.05, 4.69) is 5.32 Å². The van der Waals surface area contributed by atoms with E-state index in [1.807, 2.05) is 0 Å². The van der Waals surface area contributed by atoms with Crippen molar-refractivity contribution in [3.05, 3.63) is 53.1 Å². The zero-order valence-electron chi connectivity index (χ0n) is 11.1. The largest absolute Gasteiger partial charge is 0.507 e. The second-order valence-corrected chi connectivity index (χ2v) is 4.43. The van der Waals surface area contributed by atoms with Crippen molar-refractivity contribution in [3.8, 4) is 11.5 Å². The highest BCUT2D eigenvalue weighted by Crippen LogP contribution is 2.29. The summed E-state index contributed by atoms with van der Waals surface area (Å²) in [5.41, 5.74) is 0.211. The number of carbonyl (C=O) groups is 2. The van der Waals surface area contributed by atoms with Gasteiger partial charge in [0.2, 0.25) is 0 Å². The van der Waals surface area contributed by atoms with Crippen molar-refractivity contribution in [2.75, 3.05) is 5.32 Å². The third-order valence-electron chi connectivity index (χ3n) is 3.00. The van der Waals surface area contributed by atoms with Crippen molar-refractivity contribution < 1.29 is 24.9 Å². The maximum absolute atomic E-state index is 12.1. The Kier molecular flexibility index (Phi) is 3.80. The van der Waals surface area contributed by atoms with Crippen molar-refractivity contribution in [1.82, 2.24) is 0 Å². The van der Waals surface area contributed by atoms with Crippen LogP contribution in [-0.4, -0.2) is 27.2 Å². The van der Waals surface area contributed by atoms with E-state index < -0.39 is 17.6 Å². The molecule has 0 saturated carbocycles. The normalized spacial score (nSPS) is 10.1. The van der Waals surface area contributed by atoms with Crippen molar-refractivity contribution in [3.63, 3.8) is 0 Å². The lowest BCUT2D eigenvalue weighted by atomic mass is 10.1. The molecule has 2 aromatic carbocycles. The molecule has 0 spiro atoms. The number of rotatable bonds is 3. The molecule has 6 nitrogen and oxygen atoms in total.